The van der Waals surface area contributed by atoms with Crippen LogP contribution >= 0.6 is 0 Å². The highest BCUT2D eigenvalue weighted by molar-refractivity contribution is 6.17. The maximum absolute atomic E-state index is 5.49. The van der Waals surface area contributed by atoms with Crippen LogP contribution in [0.5, 0.6) is 0 Å². The third-order valence-electron chi connectivity index (χ3n) is 11.3. The second-order valence-corrected chi connectivity index (χ2v) is 14.2. The molecule has 0 fully saturated rings. The quantitative estimate of drug-likeness (QED) is 0.185. The summed E-state index contributed by atoms with van der Waals surface area (Å²) in [6, 6.07) is 65.3. The molecule has 4 nitrogen and oxygen atoms in total. The van der Waals surface area contributed by atoms with Crippen LogP contribution in [0.3, 0.4) is 0 Å². The van der Waals surface area contributed by atoms with Crippen LogP contribution in [0.25, 0.3) is 111 Å². The van der Waals surface area contributed by atoms with Crippen molar-refractivity contribution >= 4 is 54.4 Å². The summed E-state index contributed by atoms with van der Waals surface area (Å²) in [7, 11) is 0. The van der Waals surface area contributed by atoms with Crippen LogP contribution in [-0.2, 0) is 0 Å². The number of aromatic nitrogens is 4. The molecule has 11 aromatic rings. The van der Waals surface area contributed by atoms with E-state index in [9.17, 15) is 0 Å². The summed E-state index contributed by atoms with van der Waals surface area (Å²) in [5.74, 6) is 0.669. The largest absolute Gasteiger partial charge is 0.309 e. The molecule has 0 saturated heterocycles. The van der Waals surface area contributed by atoms with Gasteiger partial charge in [0.25, 0.3) is 0 Å². The van der Waals surface area contributed by atoms with Crippen molar-refractivity contribution in [1.82, 2.24) is 19.1 Å². The number of nitrogens with zero attached hydrogens (tertiary/aromatic N) is 4. The fraction of sp³-hybridized carbons (Fsp3) is 0. The molecule has 0 radical (unpaired) electrons. The lowest BCUT2D eigenvalue weighted by atomic mass is 10.00. The van der Waals surface area contributed by atoms with Crippen molar-refractivity contribution in [3.63, 3.8) is 0 Å². The molecule has 1 aliphatic carbocycles. The highest BCUT2D eigenvalue weighted by atomic mass is 15.2. The van der Waals surface area contributed by atoms with E-state index < -0.39 is 0 Å². The van der Waals surface area contributed by atoms with Crippen molar-refractivity contribution in [2.75, 3.05) is 0 Å². The van der Waals surface area contributed by atoms with Crippen LogP contribution in [0.1, 0.15) is 0 Å². The minimum absolute atomic E-state index is 0.669. The van der Waals surface area contributed by atoms with Gasteiger partial charge in [0.15, 0.2) is 0 Å². The average Bonchev–Trinajstić information content (AvgIpc) is 3.87. The fourth-order valence-corrected chi connectivity index (χ4v) is 8.92. The maximum atomic E-state index is 5.49. The van der Waals surface area contributed by atoms with Crippen molar-refractivity contribution in [3.05, 3.63) is 182 Å². The first-order valence-corrected chi connectivity index (χ1v) is 18.4. The molecular weight excluding hydrogens is 657 g/mol. The van der Waals surface area contributed by atoms with E-state index in [-0.39, 0.29) is 0 Å². The lowest BCUT2D eigenvalue weighted by molar-refractivity contribution is 0.999. The van der Waals surface area contributed by atoms with Gasteiger partial charge >= 0.3 is 0 Å². The van der Waals surface area contributed by atoms with E-state index in [1.807, 2.05) is 0 Å². The molecular formula is C50H30N4. The number of rotatable bonds is 4. The van der Waals surface area contributed by atoms with Crippen molar-refractivity contribution in [2.24, 2.45) is 0 Å². The van der Waals surface area contributed by atoms with Gasteiger partial charge in [-0.2, -0.15) is 0 Å². The third kappa shape index (κ3) is 4.08. The molecule has 3 heterocycles. The maximum Gasteiger partial charge on any atom is 0.235 e. The molecule has 1 aliphatic rings. The fourth-order valence-electron chi connectivity index (χ4n) is 8.92. The molecule has 8 aromatic carbocycles. The van der Waals surface area contributed by atoms with Crippen LogP contribution in [0, 0.1) is 0 Å². The zero-order chi connectivity index (χ0) is 35.3. The van der Waals surface area contributed by atoms with E-state index in [1.165, 1.54) is 54.5 Å². The van der Waals surface area contributed by atoms with Gasteiger partial charge in [-0.1, -0.05) is 140 Å². The minimum atomic E-state index is 0.669. The second kappa shape index (κ2) is 11.1. The van der Waals surface area contributed by atoms with Crippen LogP contribution < -0.4 is 0 Å². The Morgan fingerprint density at radius 2 is 0.944 bits per heavy atom. The Bertz CT molecular complexity index is 3310. The molecule has 0 aliphatic heterocycles. The van der Waals surface area contributed by atoms with E-state index in [0.29, 0.717) is 5.95 Å². The first-order valence-electron chi connectivity index (χ1n) is 18.4. The summed E-state index contributed by atoms with van der Waals surface area (Å²) in [4.78, 5) is 11.0. The van der Waals surface area contributed by atoms with Gasteiger partial charge in [0.2, 0.25) is 5.95 Å². The number of para-hydroxylation sites is 3. The zero-order valence-electron chi connectivity index (χ0n) is 29.1. The Balaban J connectivity index is 1.11. The third-order valence-corrected chi connectivity index (χ3v) is 11.3. The predicted molar refractivity (Wildman–Crippen MR) is 224 cm³/mol. The molecule has 12 rings (SSSR count). The van der Waals surface area contributed by atoms with Gasteiger partial charge in [-0.3, -0.25) is 4.57 Å². The molecule has 4 heteroatoms. The predicted octanol–water partition coefficient (Wildman–Crippen LogP) is 12.8. The molecule has 0 amide bonds. The standard InChI is InChI=1S/C50H30N4/c1-3-13-32(14-4-1)48-47-39-21-11-15-31-16-12-22-40(46(31)39)49(47)52-50(51-48)54-43-24-10-7-19-36(43)38-27-25-34(30-45(38)54)33-26-28-44-41(29-33)37-20-8-9-23-42(37)53(44)35-17-5-2-6-18-35/h1-30H. The molecule has 3 aromatic heterocycles. The Kier molecular flexibility index (Phi) is 6.02. The number of fused-ring (bicyclic) bond motifs is 9. The highest BCUT2D eigenvalue weighted by Gasteiger charge is 2.29. The second-order valence-electron chi connectivity index (χ2n) is 14.2. The van der Waals surface area contributed by atoms with Crippen molar-refractivity contribution in [1.29, 1.82) is 0 Å². The summed E-state index contributed by atoms with van der Waals surface area (Å²) in [6.45, 7) is 0. The van der Waals surface area contributed by atoms with E-state index in [1.54, 1.807) is 0 Å². The topological polar surface area (TPSA) is 35.6 Å². The van der Waals surface area contributed by atoms with Gasteiger partial charge in [0.05, 0.1) is 33.5 Å². The lowest BCUT2D eigenvalue weighted by Gasteiger charge is -2.14. The monoisotopic (exact) mass is 686 g/mol. The van der Waals surface area contributed by atoms with E-state index >= 15 is 0 Å². The van der Waals surface area contributed by atoms with Crippen LogP contribution in [0.2, 0.25) is 0 Å². The molecule has 0 unspecified atom stereocenters. The molecule has 0 atom stereocenters. The van der Waals surface area contributed by atoms with Gasteiger partial charge in [0.1, 0.15) is 0 Å². The number of hydrogen-bond donors (Lipinski definition) is 0. The molecule has 54 heavy (non-hydrogen) atoms. The van der Waals surface area contributed by atoms with Crippen molar-refractivity contribution < 1.29 is 0 Å². The van der Waals surface area contributed by atoms with Crippen molar-refractivity contribution in [2.45, 2.75) is 0 Å². The summed E-state index contributed by atoms with van der Waals surface area (Å²) < 4.78 is 4.63. The van der Waals surface area contributed by atoms with Gasteiger partial charge in [-0.25, -0.2) is 9.97 Å². The van der Waals surface area contributed by atoms with Crippen LogP contribution in [0.15, 0.2) is 182 Å². The molecule has 0 bridgehead atoms. The van der Waals surface area contributed by atoms with E-state index in [2.05, 4.69) is 191 Å². The average molecular weight is 687 g/mol. The Morgan fingerprint density at radius 3 is 1.74 bits per heavy atom. The van der Waals surface area contributed by atoms with Gasteiger partial charge in [-0.05, 0) is 69.9 Å². The number of benzene rings is 8. The first kappa shape index (κ1) is 29.3. The van der Waals surface area contributed by atoms with Crippen LogP contribution in [0.4, 0.5) is 0 Å². The normalized spacial score (nSPS) is 12.1. The molecule has 250 valence electrons. The van der Waals surface area contributed by atoms with Crippen LogP contribution in [-0.4, -0.2) is 19.1 Å². The Morgan fingerprint density at radius 1 is 0.352 bits per heavy atom. The van der Waals surface area contributed by atoms with Crippen molar-refractivity contribution in [3.8, 4) is 56.4 Å². The smallest absolute Gasteiger partial charge is 0.235 e. The Hall–Kier alpha value is -7.30. The van der Waals surface area contributed by atoms with E-state index in [4.69, 9.17) is 9.97 Å². The highest BCUT2D eigenvalue weighted by Crippen LogP contribution is 2.50. The van der Waals surface area contributed by atoms with E-state index in [0.717, 1.165) is 50.4 Å². The molecule has 0 saturated carbocycles. The summed E-state index contributed by atoms with van der Waals surface area (Å²) >= 11 is 0. The summed E-state index contributed by atoms with van der Waals surface area (Å²) in [6.07, 6.45) is 0. The number of hydrogen-bond acceptors (Lipinski definition) is 2. The van der Waals surface area contributed by atoms with Gasteiger partial charge in [0, 0.05) is 43.9 Å². The summed E-state index contributed by atoms with van der Waals surface area (Å²) in [5, 5.41) is 7.28. The molecule has 0 spiro atoms. The summed E-state index contributed by atoms with van der Waals surface area (Å²) in [5.41, 5.74) is 14.5. The zero-order valence-corrected chi connectivity index (χ0v) is 29.1. The SMILES string of the molecule is c1ccc(-c2nc(-n3c4ccccc4c4ccc(-c5ccc6c(c5)c5ccccc5n6-c5ccccc5)cc43)nc3c2-c2cccc4cccc-3c24)cc1. The molecule has 0 N–H and O–H groups in total. The van der Waals surface area contributed by atoms with Gasteiger partial charge < -0.3 is 4.57 Å². The minimum Gasteiger partial charge on any atom is -0.309 e. The Labute approximate surface area is 310 Å². The first-order chi connectivity index (χ1) is 26.8. The lowest BCUT2D eigenvalue weighted by Crippen LogP contribution is -2.05. The van der Waals surface area contributed by atoms with Gasteiger partial charge in [-0.15, -0.1) is 0 Å².